The first-order valence-corrected chi connectivity index (χ1v) is 8.87. The molecule has 0 aliphatic carbocycles. The molecule has 8 heteroatoms. The van der Waals surface area contributed by atoms with Crippen molar-refractivity contribution in [1.29, 1.82) is 0 Å². The average molecular weight is 394 g/mol. The summed E-state index contributed by atoms with van der Waals surface area (Å²) in [6.07, 6.45) is 3.51. The van der Waals surface area contributed by atoms with Crippen LogP contribution in [0.15, 0.2) is 61.3 Å². The molecule has 0 saturated heterocycles. The van der Waals surface area contributed by atoms with Crippen LogP contribution in [0.4, 0.5) is 34.5 Å². The summed E-state index contributed by atoms with van der Waals surface area (Å²) in [5, 5.41) is 16.7. The van der Waals surface area contributed by atoms with Crippen LogP contribution in [-0.4, -0.2) is 36.3 Å². The minimum Gasteiger partial charge on any atom is -0.400 e. The van der Waals surface area contributed by atoms with Crippen molar-refractivity contribution in [1.82, 2.24) is 9.97 Å². The van der Waals surface area contributed by atoms with E-state index in [4.69, 9.17) is 9.94 Å². The number of rotatable bonds is 8. The molecule has 1 aromatic heterocycles. The zero-order valence-electron chi connectivity index (χ0n) is 16.7. The van der Waals surface area contributed by atoms with Crippen molar-refractivity contribution >= 4 is 40.6 Å². The number of aliphatic hydroxyl groups is 1. The first kappa shape index (κ1) is 21.7. The molecule has 8 nitrogen and oxygen atoms in total. The van der Waals surface area contributed by atoms with Gasteiger partial charge in [0, 0.05) is 43.0 Å². The molecule has 0 amide bonds. The predicted molar refractivity (Wildman–Crippen MR) is 120 cm³/mol. The summed E-state index contributed by atoms with van der Waals surface area (Å²) in [7, 11) is 4.45. The Morgan fingerprint density at radius 3 is 2.31 bits per heavy atom. The molecular formula is C21H26N6O2. The zero-order chi connectivity index (χ0) is 21.1. The van der Waals surface area contributed by atoms with Gasteiger partial charge in [-0.3, -0.25) is 10.3 Å². The van der Waals surface area contributed by atoms with Crippen LogP contribution in [0.2, 0.25) is 0 Å². The second-order valence-electron chi connectivity index (χ2n) is 5.62. The van der Waals surface area contributed by atoms with Crippen molar-refractivity contribution in [3.63, 3.8) is 0 Å². The highest BCUT2D eigenvalue weighted by Crippen LogP contribution is 2.28. The molecule has 29 heavy (non-hydrogen) atoms. The maximum Gasteiger partial charge on any atom is 0.229 e. The third kappa shape index (κ3) is 5.93. The molecule has 0 radical (unpaired) electrons. The zero-order valence-corrected chi connectivity index (χ0v) is 16.7. The monoisotopic (exact) mass is 394 g/mol. The normalized spacial score (nSPS) is 9.66. The van der Waals surface area contributed by atoms with Gasteiger partial charge in [0.15, 0.2) is 0 Å². The third-order valence-corrected chi connectivity index (χ3v) is 3.86. The molecule has 0 saturated carbocycles. The van der Waals surface area contributed by atoms with E-state index in [0.717, 1.165) is 35.4 Å². The highest BCUT2D eigenvalue weighted by molar-refractivity contribution is 5.79. The standard InChI is InChI=1S/C20H22N6O.CH4O/c1-4-16-17(21-2)6-5-7-18(16)24-19-12-13-22-20(25-19)23-14-8-10-15(11-9-14)26-27-3;1-2/h4-13,21,26H,1H2,2-3H3,(H2,22,23,24,25);2H,1H3. The lowest BCUT2D eigenvalue weighted by atomic mass is 10.1. The number of hydrogen-bond donors (Lipinski definition) is 5. The second-order valence-corrected chi connectivity index (χ2v) is 5.62. The Morgan fingerprint density at radius 1 is 0.966 bits per heavy atom. The van der Waals surface area contributed by atoms with E-state index in [0.29, 0.717) is 11.8 Å². The molecule has 152 valence electrons. The largest absolute Gasteiger partial charge is 0.400 e. The van der Waals surface area contributed by atoms with E-state index in [1.165, 1.54) is 0 Å². The maximum absolute atomic E-state index is 7.00. The Kier molecular flexibility index (Phi) is 8.43. The topological polar surface area (TPSA) is 103 Å². The van der Waals surface area contributed by atoms with E-state index in [1.807, 2.05) is 61.7 Å². The molecule has 0 aliphatic heterocycles. The van der Waals surface area contributed by atoms with Crippen molar-refractivity contribution < 1.29 is 9.94 Å². The first-order valence-electron chi connectivity index (χ1n) is 8.87. The summed E-state index contributed by atoms with van der Waals surface area (Å²) in [5.41, 5.74) is 7.39. The van der Waals surface area contributed by atoms with Crippen LogP contribution in [0.3, 0.4) is 0 Å². The lowest BCUT2D eigenvalue weighted by Crippen LogP contribution is -2.02. The lowest BCUT2D eigenvalue weighted by molar-refractivity contribution is 0.271. The summed E-state index contributed by atoms with van der Waals surface area (Å²) in [6, 6.07) is 15.4. The van der Waals surface area contributed by atoms with Crippen molar-refractivity contribution in [3.05, 3.63) is 66.9 Å². The van der Waals surface area contributed by atoms with Crippen LogP contribution < -0.4 is 21.4 Å². The average Bonchev–Trinajstić information content (AvgIpc) is 2.77. The second kappa shape index (κ2) is 11.3. The lowest BCUT2D eigenvalue weighted by Gasteiger charge is -2.13. The molecule has 2 aromatic carbocycles. The van der Waals surface area contributed by atoms with Crippen LogP contribution in [0.5, 0.6) is 0 Å². The highest BCUT2D eigenvalue weighted by atomic mass is 16.6. The van der Waals surface area contributed by atoms with Gasteiger partial charge < -0.3 is 21.1 Å². The molecule has 0 unspecified atom stereocenters. The van der Waals surface area contributed by atoms with E-state index < -0.39 is 0 Å². The highest BCUT2D eigenvalue weighted by Gasteiger charge is 2.06. The van der Waals surface area contributed by atoms with E-state index >= 15 is 0 Å². The van der Waals surface area contributed by atoms with Gasteiger partial charge in [-0.2, -0.15) is 4.98 Å². The summed E-state index contributed by atoms with van der Waals surface area (Å²) in [6.45, 7) is 3.90. The van der Waals surface area contributed by atoms with Crippen LogP contribution in [0, 0.1) is 0 Å². The summed E-state index contributed by atoms with van der Waals surface area (Å²) >= 11 is 0. The van der Waals surface area contributed by atoms with Gasteiger partial charge in [-0.1, -0.05) is 18.7 Å². The van der Waals surface area contributed by atoms with Gasteiger partial charge in [0.05, 0.1) is 12.8 Å². The summed E-state index contributed by atoms with van der Waals surface area (Å²) < 4.78 is 0. The van der Waals surface area contributed by atoms with Crippen LogP contribution in [-0.2, 0) is 4.84 Å². The van der Waals surface area contributed by atoms with Crippen molar-refractivity contribution in [2.45, 2.75) is 0 Å². The quantitative estimate of drug-likeness (QED) is 0.362. The van der Waals surface area contributed by atoms with Crippen molar-refractivity contribution in [3.8, 4) is 0 Å². The van der Waals surface area contributed by atoms with Gasteiger partial charge in [0.2, 0.25) is 5.95 Å². The molecule has 0 spiro atoms. The van der Waals surface area contributed by atoms with Gasteiger partial charge >= 0.3 is 0 Å². The Morgan fingerprint density at radius 2 is 1.66 bits per heavy atom. The number of aliphatic hydroxyl groups excluding tert-OH is 1. The molecule has 1 heterocycles. The minimum absolute atomic E-state index is 0.498. The number of hydrogen-bond acceptors (Lipinski definition) is 8. The predicted octanol–water partition coefficient (Wildman–Crippen LogP) is 4.23. The molecule has 0 aliphatic rings. The number of nitrogens with one attached hydrogen (secondary N) is 4. The minimum atomic E-state index is 0.498. The molecule has 3 aromatic rings. The van der Waals surface area contributed by atoms with Gasteiger partial charge in [0.1, 0.15) is 5.82 Å². The van der Waals surface area contributed by atoms with E-state index in [1.54, 1.807) is 13.3 Å². The van der Waals surface area contributed by atoms with E-state index in [-0.39, 0.29) is 0 Å². The van der Waals surface area contributed by atoms with Gasteiger partial charge in [-0.15, -0.1) is 0 Å². The fraction of sp³-hybridized carbons (Fsp3) is 0.143. The van der Waals surface area contributed by atoms with Crippen molar-refractivity contribution in [2.75, 3.05) is 42.7 Å². The molecule has 0 bridgehead atoms. The Hall–Kier alpha value is -3.62. The Bertz CT molecular complexity index is 915. The Balaban J connectivity index is 0.00000145. The maximum atomic E-state index is 7.00. The molecule has 5 N–H and O–H groups in total. The number of benzene rings is 2. The number of nitrogens with zero attached hydrogens (tertiary/aromatic N) is 2. The fourth-order valence-corrected chi connectivity index (χ4v) is 2.61. The molecule has 0 fully saturated rings. The molecule has 3 rings (SSSR count). The first-order chi connectivity index (χ1) is 14.2. The third-order valence-electron chi connectivity index (χ3n) is 3.86. The van der Waals surface area contributed by atoms with Gasteiger partial charge in [0.25, 0.3) is 0 Å². The number of anilines is 6. The van der Waals surface area contributed by atoms with E-state index in [9.17, 15) is 0 Å². The summed E-state index contributed by atoms with van der Waals surface area (Å²) in [4.78, 5) is 13.7. The molecular weight excluding hydrogens is 368 g/mol. The van der Waals surface area contributed by atoms with Crippen LogP contribution in [0.25, 0.3) is 6.08 Å². The number of aromatic nitrogens is 2. The SMILES string of the molecule is C=Cc1c(NC)cccc1Nc1ccnc(Nc2ccc(NOC)cc2)n1.CO. The fourth-order valence-electron chi connectivity index (χ4n) is 2.61. The van der Waals surface area contributed by atoms with Gasteiger partial charge in [-0.25, -0.2) is 4.98 Å². The summed E-state index contributed by atoms with van der Waals surface area (Å²) in [5.74, 6) is 1.18. The van der Waals surface area contributed by atoms with E-state index in [2.05, 4.69) is 38.0 Å². The van der Waals surface area contributed by atoms with Crippen molar-refractivity contribution in [2.24, 2.45) is 0 Å². The Labute approximate surface area is 170 Å². The molecule has 0 atom stereocenters. The smallest absolute Gasteiger partial charge is 0.229 e. The van der Waals surface area contributed by atoms with Crippen LogP contribution in [0.1, 0.15) is 5.56 Å². The van der Waals surface area contributed by atoms with Crippen LogP contribution >= 0.6 is 0 Å². The van der Waals surface area contributed by atoms with Gasteiger partial charge in [-0.05, 0) is 42.5 Å².